The van der Waals surface area contributed by atoms with Crippen molar-refractivity contribution in [3.63, 3.8) is 0 Å². The van der Waals surface area contributed by atoms with Crippen LogP contribution in [0.4, 0.5) is 0 Å². The Morgan fingerprint density at radius 2 is 1.35 bits per heavy atom. The van der Waals surface area contributed by atoms with Gasteiger partial charge < -0.3 is 33.2 Å². The molecule has 34 heavy (non-hydrogen) atoms. The summed E-state index contributed by atoms with van der Waals surface area (Å²) in [6, 6.07) is 0. The minimum absolute atomic E-state index is 0.0405. The van der Waals surface area contributed by atoms with Gasteiger partial charge in [-0.25, -0.2) is 0 Å². The van der Waals surface area contributed by atoms with Crippen molar-refractivity contribution in [3.8, 4) is 0 Å². The molecule has 6 atom stereocenters. The first kappa shape index (κ1) is 29.2. The molecule has 0 saturated carbocycles. The maximum atomic E-state index is 11.9. The molecule has 1 saturated heterocycles. The fourth-order valence-electron chi connectivity index (χ4n) is 3.03. The summed E-state index contributed by atoms with van der Waals surface area (Å²) in [7, 11) is 0. The molecule has 1 aliphatic rings. The van der Waals surface area contributed by atoms with E-state index in [0.29, 0.717) is 6.42 Å². The van der Waals surface area contributed by atoms with Crippen LogP contribution >= 0.6 is 0 Å². The van der Waals surface area contributed by atoms with Gasteiger partial charge in [-0.05, 0) is 13.3 Å². The summed E-state index contributed by atoms with van der Waals surface area (Å²) >= 11 is 0. The van der Waals surface area contributed by atoms with E-state index >= 15 is 0 Å². The Labute approximate surface area is 197 Å². The van der Waals surface area contributed by atoms with Gasteiger partial charge in [-0.3, -0.25) is 24.0 Å². The monoisotopic (exact) mass is 488 g/mol. The standard InChI is InChI=1S/C22H32O12/c1-8-9-28-21(11(2)12(3)23)34-22-20(32-16(7)27)19(31-15(6)26)18(30-14(5)25)17(33-22)10-29-13(4)24/h17-22H,2,8-10H2,1,3-7H3/t17-,18-,19+,20-,21+,22+/m1/s1. The Hall–Kier alpha value is -2.83. The summed E-state index contributed by atoms with van der Waals surface area (Å²) in [5.41, 5.74) is -0.0405. The molecule has 0 N–H and O–H groups in total. The molecule has 1 fully saturated rings. The van der Waals surface area contributed by atoms with Crippen molar-refractivity contribution in [3.05, 3.63) is 12.2 Å². The average Bonchev–Trinajstić information content (AvgIpc) is 2.71. The second kappa shape index (κ2) is 13.8. The highest BCUT2D eigenvalue weighted by Crippen LogP contribution is 2.31. The zero-order chi connectivity index (χ0) is 26.0. The number of Topliss-reactive ketones (excluding diaryl/α,β-unsaturated/α-hetero) is 1. The third kappa shape index (κ3) is 9.20. The van der Waals surface area contributed by atoms with Crippen LogP contribution in [-0.2, 0) is 57.1 Å². The minimum atomic E-state index is -1.49. The van der Waals surface area contributed by atoms with E-state index in [-0.39, 0.29) is 12.2 Å². The Morgan fingerprint density at radius 3 is 1.82 bits per heavy atom. The Kier molecular flexibility index (Phi) is 11.8. The SMILES string of the molecule is C=C(C(C)=O)[C@@H](OCCC)O[C@@H]1O[C@H](COC(C)=O)[C@@H](OC(C)=O)[C@H](OC(C)=O)[C@H]1OC(C)=O. The van der Waals surface area contributed by atoms with E-state index in [1.54, 1.807) is 0 Å². The van der Waals surface area contributed by atoms with Crippen LogP contribution in [0.15, 0.2) is 12.2 Å². The normalized spacial score (nSPS) is 24.9. The smallest absolute Gasteiger partial charge is 0.303 e. The molecule has 0 bridgehead atoms. The van der Waals surface area contributed by atoms with E-state index in [2.05, 4.69) is 6.58 Å². The molecule has 0 aromatic rings. The number of hydrogen-bond donors (Lipinski definition) is 0. The lowest BCUT2D eigenvalue weighted by atomic mass is 9.98. The number of carbonyl (C=O) groups excluding carboxylic acids is 5. The average molecular weight is 488 g/mol. The zero-order valence-corrected chi connectivity index (χ0v) is 20.2. The van der Waals surface area contributed by atoms with Gasteiger partial charge in [-0.2, -0.15) is 0 Å². The molecule has 1 heterocycles. The zero-order valence-electron chi connectivity index (χ0n) is 20.2. The number of hydrogen-bond acceptors (Lipinski definition) is 12. The van der Waals surface area contributed by atoms with Gasteiger partial charge in [0.2, 0.25) is 6.29 Å². The molecule has 0 aliphatic carbocycles. The topological polar surface area (TPSA) is 150 Å². The number of ether oxygens (including phenoxy) is 7. The third-order valence-electron chi connectivity index (χ3n) is 4.42. The van der Waals surface area contributed by atoms with Crippen molar-refractivity contribution in [2.75, 3.05) is 13.2 Å². The van der Waals surface area contributed by atoms with Crippen LogP contribution in [0.1, 0.15) is 48.0 Å². The molecule has 12 nitrogen and oxygen atoms in total. The molecule has 1 rings (SSSR count). The number of ketones is 1. The summed E-state index contributed by atoms with van der Waals surface area (Å²) in [4.78, 5) is 58.8. The van der Waals surface area contributed by atoms with E-state index in [1.165, 1.54) is 6.92 Å². The lowest BCUT2D eigenvalue weighted by molar-refractivity contribution is -0.334. The summed E-state index contributed by atoms with van der Waals surface area (Å²) in [5.74, 6) is -3.39. The van der Waals surface area contributed by atoms with Gasteiger partial charge in [0.15, 0.2) is 30.4 Å². The van der Waals surface area contributed by atoms with Crippen LogP contribution in [0.3, 0.4) is 0 Å². The Balaban J connectivity index is 3.45. The molecule has 0 radical (unpaired) electrons. The van der Waals surface area contributed by atoms with Crippen molar-refractivity contribution in [2.45, 2.75) is 85.0 Å². The van der Waals surface area contributed by atoms with Gasteiger partial charge >= 0.3 is 23.9 Å². The maximum Gasteiger partial charge on any atom is 0.303 e. The molecule has 192 valence electrons. The molecular weight excluding hydrogens is 456 g/mol. The molecule has 0 amide bonds. The van der Waals surface area contributed by atoms with Gasteiger partial charge in [0.05, 0.1) is 0 Å². The third-order valence-corrected chi connectivity index (χ3v) is 4.42. The van der Waals surface area contributed by atoms with Crippen LogP contribution in [-0.4, -0.2) is 79.9 Å². The molecule has 0 spiro atoms. The second-order valence-electron chi connectivity index (χ2n) is 7.49. The van der Waals surface area contributed by atoms with Crippen LogP contribution < -0.4 is 0 Å². The lowest BCUT2D eigenvalue weighted by Crippen LogP contribution is -2.63. The van der Waals surface area contributed by atoms with E-state index in [0.717, 1.165) is 27.7 Å². The first-order valence-corrected chi connectivity index (χ1v) is 10.6. The van der Waals surface area contributed by atoms with Crippen molar-refractivity contribution in [1.82, 2.24) is 0 Å². The Morgan fingerprint density at radius 1 is 0.824 bits per heavy atom. The molecule has 12 heteroatoms. The summed E-state index contributed by atoms with van der Waals surface area (Å²) in [6.45, 7) is 11.0. The van der Waals surface area contributed by atoms with Crippen molar-refractivity contribution >= 4 is 29.7 Å². The van der Waals surface area contributed by atoms with Gasteiger partial charge in [0, 0.05) is 39.9 Å². The predicted octanol–water partition coefficient (Wildman–Crippen LogP) is 0.984. The van der Waals surface area contributed by atoms with E-state index in [1.807, 2.05) is 6.92 Å². The van der Waals surface area contributed by atoms with Crippen molar-refractivity contribution in [2.24, 2.45) is 0 Å². The Bertz CT molecular complexity index is 776. The van der Waals surface area contributed by atoms with Gasteiger partial charge in [-0.1, -0.05) is 13.5 Å². The molecule has 0 unspecified atom stereocenters. The number of esters is 4. The lowest BCUT2D eigenvalue weighted by Gasteiger charge is -2.44. The van der Waals surface area contributed by atoms with Crippen LogP contribution in [0.2, 0.25) is 0 Å². The van der Waals surface area contributed by atoms with E-state index in [9.17, 15) is 24.0 Å². The quantitative estimate of drug-likeness (QED) is 0.167. The highest BCUT2D eigenvalue weighted by molar-refractivity contribution is 5.93. The second-order valence-corrected chi connectivity index (χ2v) is 7.49. The minimum Gasteiger partial charge on any atom is -0.463 e. The largest absolute Gasteiger partial charge is 0.463 e. The number of rotatable bonds is 12. The van der Waals surface area contributed by atoms with E-state index < -0.39 is 73.3 Å². The van der Waals surface area contributed by atoms with Crippen LogP contribution in [0.5, 0.6) is 0 Å². The van der Waals surface area contributed by atoms with Gasteiger partial charge in [0.25, 0.3) is 0 Å². The predicted molar refractivity (Wildman–Crippen MR) is 113 cm³/mol. The number of carbonyl (C=O) groups is 5. The van der Waals surface area contributed by atoms with Gasteiger partial charge in [0.1, 0.15) is 12.7 Å². The molecule has 0 aromatic heterocycles. The first-order chi connectivity index (χ1) is 15.9. The fourth-order valence-corrected chi connectivity index (χ4v) is 3.03. The van der Waals surface area contributed by atoms with Crippen LogP contribution in [0.25, 0.3) is 0 Å². The summed E-state index contributed by atoms with van der Waals surface area (Å²) < 4.78 is 38.2. The van der Waals surface area contributed by atoms with Crippen molar-refractivity contribution in [1.29, 1.82) is 0 Å². The molecular formula is C22H32O12. The van der Waals surface area contributed by atoms with Crippen LogP contribution in [0, 0.1) is 0 Å². The summed E-state index contributed by atoms with van der Waals surface area (Å²) in [5, 5.41) is 0. The fraction of sp³-hybridized carbons (Fsp3) is 0.682. The molecule has 1 aliphatic heterocycles. The molecule has 0 aromatic carbocycles. The summed E-state index contributed by atoms with van der Waals surface area (Å²) in [6.07, 6.45) is -7.54. The van der Waals surface area contributed by atoms with E-state index in [4.69, 9.17) is 33.2 Å². The maximum absolute atomic E-state index is 11.9. The van der Waals surface area contributed by atoms with Gasteiger partial charge in [-0.15, -0.1) is 0 Å². The highest BCUT2D eigenvalue weighted by Gasteiger charge is 2.53. The van der Waals surface area contributed by atoms with Crippen molar-refractivity contribution < 1.29 is 57.1 Å². The first-order valence-electron chi connectivity index (χ1n) is 10.6. The highest BCUT2D eigenvalue weighted by atomic mass is 16.8.